The van der Waals surface area contributed by atoms with Crippen molar-refractivity contribution in [3.05, 3.63) is 59.7 Å². The molecule has 0 radical (unpaired) electrons. The zero-order valence-corrected chi connectivity index (χ0v) is 20.0. The van der Waals surface area contributed by atoms with Crippen LogP contribution in [0.15, 0.2) is 53.4 Å². The molecule has 0 bridgehead atoms. The number of rotatable bonds is 10. The van der Waals surface area contributed by atoms with Crippen LogP contribution in [0.5, 0.6) is 5.75 Å². The van der Waals surface area contributed by atoms with Gasteiger partial charge in [0.1, 0.15) is 12.4 Å². The number of hydrogen-bond donors (Lipinski definition) is 1. The predicted molar refractivity (Wildman–Crippen MR) is 123 cm³/mol. The molecular formula is C22H28N2O7S2. The third kappa shape index (κ3) is 7.00. The molecule has 2 aromatic carbocycles. The highest BCUT2D eigenvalue weighted by atomic mass is 32.2. The molecule has 1 heterocycles. The summed E-state index contributed by atoms with van der Waals surface area (Å²) in [7, 11) is -5.82. The number of piperidine rings is 1. The van der Waals surface area contributed by atoms with Gasteiger partial charge in [-0.15, -0.1) is 0 Å². The number of carbonyl (C=O) groups is 1. The van der Waals surface area contributed by atoms with E-state index in [4.69, 9.17) is 4.74 Å². The van der Waals surface area contributed by atoms with Crippen molar-refractivity contribution in [2.75, 3.05) is 33.4 Å². The summed E-state index contributed by atoms with van der Waals surface area (Å²) in [5, 5.41) is 0. The molecular weight excluding hydrogens is 468 g/mol. The molecule has 1 N–H and O–H groups in total. The molecule has 9 nitrogen and oxygen atoms in total. The molecule has 1 aliphatic heterocycles. The smallest absolute Gasteiger partial charge is 0.337 e. The lowest BCUT2D eigenvalue weighted by Gasteiger charge is -2.25. The minimum atomic E-state index is -3.60. The van der Waals surface area contributed by atoms with Gasteiger partial charge in [0.05, 0.1) is 23.3 Å². The predicted octanol–water partition coefficient (Wildman–Crippen LogP) is 2.15. The van der Waals surface area contributed by atoms with Crippen molar-refractivity contribution in [3.63, 3.8) is 0 Å². The molecule has 11 heteroatoms. The number of carbonyl (C=O) groups excluding carboxylic acids is 1. The molecule has 1 fully saturated rings. The molecule has 0 spiro atoms. The van der Waals surface area contributed by atoms with Gasteiger partial charge in [-0.2, -0.15) is 4.31 Å². The Morgan fingerprint density at radius 3 is 2.18 bits per heavy atom. The van der Waals surface area contributed by atoms with Gasteiger partial charge in [0.15, 0.2) is 0 Å². The van der Waals surface area contributed by atoms with Crippen LogP contribution in [0.1, 0.15) is 35.2 Å². The van der Waals surface area contributed by atoms with Gasteiger partial charge in [0, 0.05) is 19.6 Å². The van der Waals surface area contributed by atoms with Crippen LogP contribution in [0.25, 0.3) is 0 Å². The minimum Gasteiger partial charge on any atom is -0.492 e. The van der Waals surface area contributed by atoms with Gasteiger partial charge in [-0.1, -0.05) is 18.6 Å². The van der Waals surface area contributed by atoms with Crippen LogP contribution in [0.3, 0.4) is 0 Å². The maximum Gasteiger partial charge on any atom is 0.337 e. The molecule has 0 unspecified atom stereocenters. The first kappa shape index (κ1) is 25.2. The van der Waals surface area contributed by atoms with Gasteiger partial charge in [-0.25, -0.2) is 26.4 Å². The lowest BCUT2D eigenvalue weighted by atomic mass is 10.1. The molecule has 0 saturated carbocycles. The Labute approximate surface area is 194 Å². The fourth-order valence-corrected chi connectivity index (χ4v) is 6.10. The van der Waals surface area contributed by atoms with E-state index in [-0.39, 0.29) is 23.8 Å². The zero-order valence-electron chi connectivity index (χ0n) is 18.4. The Bertz CT molecular complexity index is 1140. The van der Waals surface area contributed by atoms with Crippen molar-refractivity contribution < 1.29 is 31.1 Å². The molecule has 0 amide bonds. The van der Waals surface area contributed by atoms with Gasteiger partial charge in [0.25, 0.3) is 0 Å². The van der Waals surface area contributed by atoms with Crippen LogP contribution in [-0.4, -0.2) is 60.5 Å². The van der Waals surface area contributed by atoms with E-state index < -0.39 is 26.0 Å². The average Bonchev–Trinajstić information content (AvgIpc) is 2.82. The zero-order chi connectivity index (χ0) is 23.9. The Kier molecular flexibility index (Phi) is 8.46. The number of nitrogens with zero attached hydrogens (tertiary/aromatic N) is 1. The van der Waals surface area contributed by atoms with E-state index >= 15 is 0 Å². The summed E-state index contributed by atoms with van der Waals surface area (Å²) in [5.74, 6) is -0.278. The normalized spacial score (nSPS) is 15.2. The number of benzene rings is 2. The van der Waals surface area contributed by atoms with Crippen LogP contribution < -0.4 is 9.46 Å². The maximum absolute atomic E-state index is 12.7. The number of nitrogens with one attached hydrogen (secondary N) is 1. The van der Waals surface area contributed by atoms with Crippen LogP contribution in [-0.2, 0) is 30.5 Å². The quantitative estimate of drug-likeness (QED) is 0.395. The number of sulfonamides is 2. The summed E-state index contributed by atoms with van der Waals surface area (Å²) >= 11 is 0. The molecule has 3 rings (SSSR count). The number of ether oxygens (including phenoxy) is 2. The third-order valence-corrected chi connectivity index (χ3v) is 8.47. The van der Waals surface area contributed by atoms with E-state index in [2.05, 4.69) is 9.46 Å². The monoisotopic (exact) mass is 496 g/mol. The maximum atomic E-state index is 12.7. The molecule has 33 heavy (non-hydrogen) atoms. The second-order valence-corrected chi connectivity index (χ2v) is 11.4. The summed E-state index contributed by atoms with van der Waals surface area (Å²) in [6.45, 7) is 1.21. The van der Waals surface area contributed by atoms with E-state index in [0.29, 0.717) is 30.0 Å². The second kappa shape index (κ2) is 11.1. The highest BCUT2D eigenvalue weighted by Gasteiger charge is 2.25. The Morgan fingerprint density at radius 2 is 1.58 bits per heavy atom. The van der Waals surface area contributed by atoms with E-state index in [0.717, 1.165) is 19.3 Å². The molecule has 0 aromatic heterocycles. The SMILES string of the molecule is COC(=O)c1ccc(CS(=O)(=O)NCCOc2ccc(S(=O)(=O)N3CCCCC3)cc2)cc1. The Balaban J connectivity index is 1.46. The van der Waals surface area contributed by atoms with Crippen LogP contribution >= 0.6 is 0 Å². The first-order valence-electron chi connectivity index (χ1n) is 10.6. The van der Waals surface area contributed by atoms with E-state index in [1.54, 1.807) is 24.3 Å². The molecule has 1 saturated heterocycles. The number of methoxy groups -OCH3 is 1. The fourth-order valence-electron chi connectivity index (χ4n) is 3.45. The Morgan fingerprint density at radius 1 is 0.939 bits per heavy atom. The Hall–Kier alpha value is -2.47. The van der Waals surface area contributed by atoms with Gasteiger partial charge in [0.2, 0.25) is 20.0 Å². The first-order chi connectivity index (χ1) is 15.7. The van der Waals surface area contributed by atoms with Crippen molar-refractivity contribution >= 4 is 26.0 Å². The molecule has 1 aliphatic rings. The largest absolute Gasteiger partial charge is 0.492 e. The average molecular weight is 497 g/mol. The summed E-state index contributed by atoms with van der Waals surface area (Å²) < 4.78 is 64.0. The van der Waals surface area contributed by atoms with Gasteiger partial charge < -0.3 is 9.47 Å². The minimum absolute atomic E-state index is 0.0520. The van der Waals surface area contributed by atoms with Gasteiger partial charge >= 0.3 is 5.97 Å². The van der Waals surface area contributed by atoms with Crippen molar-refractivity contribution in [2.24, 2.45) is 0 Å². The molecule has 180 valence electrons. The summed E-state index contributed by atoms with van der Waals surface area (Å²) in [4.78, 5) is 11.7. The molecule has 0 aliphatic carbocycles. The summed E-state index contributed by atoms with van der Waals surface area (Å²) in [6.07, 6.45) is 2.79. The second-order valence-electron chi connectivity index (χ2n) is 7.63. The topological polar surface area (TPSA) is 119 Å². The van der Waals surface area contributed by atoms with E-state index in [9.17, 15) is 21.6 Å². The van der Waals surface area contributed by atoms with Crippen LogP contribution in [0.4, 0.5) is 0 Å². The van der Waals surface area contributed by atoms with Crippen LogP contribution in [0.2, 0.25) is 0 Å². The van der Waals surface area contributed by atoms with Gasteiger partial charge in [-0.3, -0.25) is 0 Å². The van der Waals surface area contributed by atoms with E-state index in [1.165, 1.54) is 35.7 Å². The summed E-state index contributed by atoms with van der Waals surface area (Å²) in [5.41, 5.74) is 0.872. The first-order valence-corrected chi connectivity index (χ1v) is 13.7. The third-order valence-electron chi connectivity index (χ3n) is 5.20. The fraction of sp³-hybridized carbons (Fsp3) is 0.409. The highest BCUT2D eigenvalue weighted by Crippen LogP contribution is 2.22. The van der Waals surface area contributed by atoms with Crippen molar-refractivity contribution in [2.45, 2.75) is 29.9 Å². The van der Waals surface area contributed by atoms with Crippen molar-refractivity contribution in [1.82, 2.24) is 9.03 Å². The van der Waals surface area contributed by atoms with Crippen molar-refractivity contribution in [1.29, 1.82) is 0 Å². The number of esters is 1. The molecule has 0 atom stereocenters. The number of hydrogen-bond acceptors (Lipinski definition) is 7. The lowest BCUT2D eigenvalue weighted by Crippen LogP contribution is -2.35. The van der Waals surface area contributed by atoms with Crippen LogP contribution in [0, 0.1) is 0 Å². The van der Waals surface area contributed by atoms with Gasteiger partial charge in [-0.05, 0) is 54.8 Å². The lowest BCUT2D eigenvalue weighted by molar-refractivity contribution is 0.0600. The van der Waals surface area contributed by atoms with Crippen molar-refractivity contribution in [3.8, 4) is 5.75 Å². The van der Waals surface area contributed by atoms with E-state index in [1.807, 2.05) is 0 Å². The highest BCUT2D eigenvalue weighted by molar-refractivity contribution is 7.89. The molecule has 2 aromatic rings. The summed E-state index contributed by atoms with van der Waals surface area (Å²) in [6, 6.07) is 12.3. The standard InChI is InChI=1S/C22H28N2O7S2/c1-30-22(25)19-7-5-18(6-8-19)17-32(26,27)23-13-16-31-20-9-11-21(12-10-20)33(28,29)24-14-3-2-4-15-24/h5-12,23H,2-4,13-17H2,1H3.